The highest BCUT2D eigenvalue weighted by Gasteiger charge is 2.07. The van der Waals surface area contributed by atoms with Crippen molar-refractivity contribution in [2.24, 2.45) is 0 Å². The predicted octanol–water partition coefficient (Wildman–Crippen LogP) is 5.19. The molecule has 4 heteroatoms. The van der Waals surface area contributed by atoms with Gasteiger partial charge in [-0.15, -0.1) is 0 Å². The first-order chi connectivity index (χ1) is 8.10. The monoisotopic (exact) mass is 281 g/mol. The van der Waals surface area contributed by atoms with Gasteiger partial charge in [-0.2, -0.15) is 5.26 Å². The fraction of sp³-hybridized carbons (Fsp3) is 0. The van der Waals surface area contributed by atoms with Crippen molar-refractivity contribution in [1.29, 1.82) is 5.26 Å². The molecule has 0 saturated carbocycles. The first-order valence-electron chi connectivity index (χ1n) is 4.76. The molecule has 84 valence electrons. The van der Waals surface area contributed by atoms with Crippen LogP contribution in [-0.4, -0.2) is 0 Å². The lowest BCUT2D eigenvalue weighted by atomic mass is 10.0. The minimum atomic E-state index is 0.533. The summed E-state index contributed by atoms with van der Waals surface area (Å²) in [7, 11) is 0. The molecule has 0 heterocycles. The predicted molar refractivity (Wildman–Crippen MR) is 71.6 cm³/mol. The number of hydrogen-bond acceptors (Lipinski definition) is 1. The van der Waals surface area contributed by atoms with Crippen molar-refractivity contribution >= 4 is 34.8 Å². The van der Waals surface area contributed by atoms with Crippen LogP contribution >= 0.6 is 34.8 Å². The fourth-order valence-electron chi connectivity index (χ4n) is 1.53. The first-order valence-corrected chi connectivity index (χ1v) is 5.89. The smallest absolute Gasteiger partial charge is 0.0991 e. The molecule has 2 aromatic carbocycles. The molecule has 0 atom stereocenters. The second-order valence-corrected chi connectivity index (χ2v) is 4.74. The fourth-order valence-corrected chi connectivity index (χ4v) is 2.28. The van der Waals surface area contributed by atoms with Crippen LogP contribution in [0.4, 0.5) is 0 Å². The summed E-state index contributed by atoms with van der Waals surface area (Å²) in [5.74, 6) is 0. The lowest BCUT2D eigenvalue weighted by molar-refractivity contribution is 1.48. The Morgan fingerprint density at radius 2 is 1.53 bits per heavy atom. The summed E-state index contributed by atoms with van der Waals surface area (Å²) in [6.45, 7) is 0. The van der Waals surface area contributed by atoms with E-state index in [-0.39, 0.29) is 0 Å². The Morgan fingerprint density at radius 3 is 2.12 bits per heavy atom. The minimum absolute atomic E-state index is 0.533. The summed E-state index contributed by atoms with van der Waals surface area (Å²) in [5, 5.41) is 10.5. The second kappa shape index (κ2) is 4.98. The molecule has 0 amide bonds. The Kier molecular flexibility index (Phi) is 3.59. The van der Waals surface area contributed by atoms with E-state index in [4.69, 9.17) is 40.1 Å². The number of benzene rings is 2. The van der Waals surface area contributed by atoms with Gasteiger partial charge in [0.1, 0.15) is 0 Å². The number of hydrogen-bond donors (Lipinski definition) is 0. The molecule has 0 radical (unpaired) electrons. The maximum Gasteiger partial charge on any atom is 0.0991 e. The Labute approximate surface area is 114 Å². The average Bonchev–Trinajstić information content (AvgIpc) is 2.28. The average molecular weight is 283 g/mol. The molecule has 1 nitrogen and oxygen atoms in total. The molecule has 0 aliphatic carbocycles. The largest absolute Gasteiger partial charge is 0.192 e. The summed E-state index contributed by atoms with van der Waals surface area (Å²) in [6.07, 6.45) is 0. The van der Waals surface area contributed by atoms with Crippen LogP contribution in [0.25, 0.3) is 11.1 Å². The highest BCUT2D eigenvalue weighted by atomic mass is 35.5. The topological polar surface area (TPSA) is 23.8 Å². The highest BCUT2D eigenvalue weighted by Crippen LogP contribution is 2.32. The molecular formula is C13H6Cl3N. The van der Waals surface area contributed by atoms with E-state index in [2.05, 4.69) is 6.07 Å². The highest BCUT2D eigenvalue weighted by molar-refractivity contribution is 6.36. The summed E-state index contributed by atoms with van der Waals surface area (Å²) in [5.41, 5.74) is 2.08. The van der Waals surface area contributed by atoms with E-state index in [9.17, 15) is 0 Å². The zero-order valence-corrected chi connectivity index (χ0v) is 10.8. The molecule has 0 aliphatic heterocycles. The van der Waals surface area contributed by atoms with Gasteiger partial charge in [0.25, 0.3) is 0 Å². The Morgan fingerprint density at radius 1 is 0.882 bits per heavy atom. The number of halogens is 3. The molecule has 17 heavy (non-hydrogen) atoms. The third kappa shape index (κ3) is 2.73. The molecule has 0 aliphatic rings. The van der Waals surface area contributed by atoms with Gasteiger partial charge in [-0.1, -0.05) is 34.8 Å². The van der Waals surface area contributed by atoms with Crippen LogP contribution in [0.1, 0.15) is 5.56 Å². The Hall–Kier alpha value is -1.20. The Balaban J connectivity index is 2.63. The maximum atomic E-state index is 8.86. The van der Waals surface area contributed by atoms with Crippen molar-refractivity contribution in [3.8, 4) is 17.2 Å². The molecule has 0 saturated heterocycles. The van der Waals surface area contributed by atoms with Crippen molar-refractivity contribution in [2.75, 3.05) is 0 Å². The third-order valence-electron chi connectivity index (χ3n) is 2.27. The van der Waals surface area contributed by atoms with Gasteiger partial charge in [-0.25, -0.2) is 0 Å². The van der Waals surface area contributed by atoms with Crippen molar-refractivity contribution < 1.29 is 0 Å². The summed E-state index contributed by atoms with van der Waals surface area (Å²) >= 11 is 18.0. The van der Waals surface area contributed by atoms with Gasteiger partial charge < -0.3 is 0 Å². The van der Waals surface area contributed by atoms with E-state index in [0.29, 0.717) is 20.6 Å². The van der Waals surface area contributed by atoms with Crippen molar-refractivity contribution in [3.63, 3.8) is 0 Å². The zero-order valence-electron chi connectivity index (χ0n) is 8.55. The lowest BCUT2D eigenvalue weighted by Gasteiger charge is -2.06. The van der Waals surface area contributed by atoms with Crippen LogP contribution < -0.4 is 0 Å². The van der Waals surface area contributed by atoms with E-state index >= 15 is 0 Å². The quantitative estimate of drug-likeness (QED) is 0.706. The minimum Gasteiger partial charge on any atom is -0.192 e. The van der Waals surface area contributed by atoms with Gasteiger partial charge in [-0.05, 0) is 42.0 Å². The van der Waals surface area contributed by atoms with Gasteiger partial charge in [0, 0.05) is 20.6 Å². The number of nitrogens with zero attached hydrogens (tertiary/aromatic N) is 1. The molecule has 0 fully saturated rings. The maximum absolute atomic E-state index is 8.86. The van der Waals surface area contributed by atoms with Crippen molar-refractivity contribution in [2.45, 2.75) is 0 Å². The SMILES string of the molecule is N#Cc1ccc(Cl)c(-c2cc(Cl)cc(Cl)c2)c1. The second-order valence-electron chi connectivity index (χ2n) is 3.46. The molecule has 0 aromatic heterocycles. The molecule has 2 rings (SSSR count). The molecule has 2 aromatic rings. The van der Waals surface area contributed by atoms with Crippen LogP contribution in [0.3, 0.4) is 0 Å². The van der Waals surface area contributed by atoms with E-state index in [1.165, 1.54) is 0 Å². The van der Waals surface area contributed by atoms with Gasteiger partial charge >= 0.3 is 0 Å². The van der Waals surface area contributed by atoms with Gasteiger partial charge in [-0.3, -0.25) is 0 Å². The van der Waals surface area contributed by atoms with Crippen molar-refractivity contribution in [1.82, 2.24) is 0 Å². The zero-order chi connectivity index (χ0) is 12.4. The van der Waals surface area contributed by atoms with Gasteiger partial charge in [0.05, 0.1) is 11.6 Å². The van der Waals surface area contributed by atoms with E-state index in [1.54, 1.807) is 36.4 Å². The number of rotatable bonds is 1. The molecule has 0 bridgehead atoms. The summed E-state index contributed by atoms with van der Waals surface area (Å²) in [4.78, 5) is 0. The van der Waals surface area contributed by atoms with Crippen molar-refractivity contribution in [3.05, 3.63) is 57.0 Å². The number of nitriles is 1. The third-order valence-corrected chi connectivity index (χ3v) is 3.04. The van der Waals surface area contributed by atoms with E-state index in [0.717, 1.165) is 11.1 Å². The van der Waals surface area contributed by atoms with Crippen LogP contribution in [0.2, 0.25) is 15.1 Å². The van der Waals surface area contributed by atoms with E-state index < -0.39 is 0 Å². The van der Waals surface area contributed by atoms with Gasteiger partial charge in [0.2, 0.25) is 0 Å². The Bertz CT molecular complexity index is 594. The first kappa shape index (κ1) is 12.3. The normalized spacial score (nSPS) is 10.0. The lowest BCUT2D eigenvalue weighted by Crippen LogP contribution is -1.83. The van der Waals surface area contributed by atoms with Crippen LogP contribution in [0.15, 0.2) is 36.4 Å². The van der Waals surface area contributed by atoms with Crippen LogP contribution in [0, 0.1) is 11.3 Å². The molecule has 0 N–H and O–H groups in total. The van der Waals surface area contributed by atoms with Gasteiger partial charge in [0.15, 0.2) is 0 Å². The van der Waals surface area contributed by atoms with Crippen LogP contribution in [-0.2, 0) is 0 Å². The van der Waals surface area contributed by atoms with Crippen LogP contribution in [0.5, 0.6) is 0 Å². The van der Waals surface area contributed by atoms with E-state index in [1.807, 2.05) is 0 Å². The molecular weight excluding hydrogens is 277 g/mol. The molecule has 0 unspecified atom stereocenters. The standard InChI is InChI=1S/C13H6Cl3N/c14-10-4-9(5-11(15)6-10)12-3-8(7-17)1-2-13(12)16/h1-6H. The summed E-state index contributed by atoms with van der Waals surface area (Å²) in [6, 6.07) is 12.3. The molecule has 0 spiro atoms. The summed E-state index contributed by atoms with van der Waals surface area (Å²) < 4.78 is 0.